The molecule has 0 atom stereocenters. The molecule has 1 spiro atoms. The Kier molecular flexibility index (Phi) is 5.40. The summed E-state index contributed by atoms with van der Waals surface area (Å²) in [7, 11) is 3.41. The number of aromatic nitrogens is 1. The van der Waals surface area contributed by atoms with Crippen molar-refractivity contribution in [3.63, 3.8) is 0 Å². The molecule has 0 aliphatic carbocycles. The Labute approximate surface area is 202 Å². The van der Waals surface area contributed by atoms with Crippen molar-refractivity contribution in [3.8, 4) is 0 Å². The van der Waals surface area contributed by atoms with Crippen LogP contribution in [0.25, 0.3) is 10.9 Å². The molecular weight excluding hydrogens is 454 g/mol. The summed E-state index contributed by atoms with van der Waals surface area (Å²) in [5, 5.41) is 1.36. The van der Waals surface area contributed by atoms with Crippen molar-refractivity contribution >= 4 is 40.3 Å². The summed E-state index contributed by atoms with van der Waals surface area (Å²) in [5.74, 6) is -0.471. The summed E-state index contributed by atoms with van der Waals surface area (Å²) in [4.78, 5) is 41.7. The van der Waals surface area contributed by atoms with Crippen LogP contribution in [0.3, 0.4) is 0 Å². The number of ether oxygens (including phenoxy) is 1. The molecule has 1 saturated heterocycles. The molecular formula is C26H26ClN3O4. The fourth-order valence-electron chi connectivity index (χ4n) is 4.97. The minimum absolute atomic E-state index is 0.0748. The lowest BCUT2D eigenvalue weighted by atomic mass is 9.83. The van der Waals surface area contributed by atoms with Crippen LogP contribution in [0.1, 0.15) is 44.7 Å². The smallest absolute Gasteiger partial charge is 0.339 e. The fourth-order valence-corrected chi connectivity index (χ4v) is 5.12. The van der Waals surface area contributed by atoms with E-state index in [0.717, 1.165) is 22.0 Å². The Balaban J connectivity index is 1.44. The number of fused-ring (bicyclic) bond motifs is 3. The van der Waals surface area contributed by atoms with Crippen molar-refractivity contribution in [1.82, 2.24) is 14.4 Å². The number of rotatable bonds is 3. The number of esters is 1. The molecule has 1 fully saturated rings. The van der Waals surface area contributed by atoms with Gasteiger partial charge in [0.1, 0.15) is 12.1 Å². The maximum absolute atomic E-state index is 13.6. The van der Waals surface area contributed by atoms with E-state index >= 15 is 0 Å². The van der Waals surface area contributed by atoms with Crippen LogP contribution in [0.5, 0.6) is 0 Å². The predicted octanol–water partition coefficient (Wildman–Crippen LogP) is 3.99. The van der Waals surface area contributed by atoms with Gasteiger partial charge in [0.25, 0.3) is 5.91 Å². The third-order valence-corrected chi connectivity index (χ3v) is 7.39. The lowest BCUT2D eigenvalue weighted by molar-refractivity contribution is -0.129. The minimum atomic E-state index is -0.666. The topological polar surface area (TPSA) is 71.8 Å². The van der Waals surface area contributed by atoms with Crippen LogP contribution in [-0.4, -0.2) is 59.3 Å². The number of likely N-dealkylation sites (N-methyl/N-ethyl adjacent to an activating group) is 1. The van der Waals surface area contributed by atoms with Gasteiger partial charge in [0, 0.05) is 62.2 Å². The highest BCUT2D eigenvalue weighted by atomic mass is 35.5. The van der Waals surface area contributed by atoms with Crippen LogP contribution in [0.15, 0.2) is 42.6 Å². The van der Waals surface area contributed by atoms with Crippen molar-refractivity contribution < 1.29 is 19.1 Å². The summed E-state index contributed by atoms with van der Waals surface area (Å²) in [6.07, 6.45) is 2.84. The van der Waals surface area contributed by atoms with E-state index in [1.807, 2.05) is 37.3 Å². The third kappa shape index (κ3) is 3.55. The van der Waals surface area contributed by atoms with Gasteiger partial charge in [-0.1, -0.05) is 29.8 Å². The maximum Gasteiger partial charge on any atom is 0.339 e. The summed E-state index contributed by atoms with van der Waals surface area (Å²) in [6, 6.07) is 11.2. The second-order valence-electron chi connectivity index (χ2n) is 9.30. The highest BCUT2D eigenvalue weighted by Crippen LogP contribution is 2.44. The van der Waals surface area contributed by atoms with E-state index in [9.17, 15) is 14.4 Å². The zero-order valence-electron chi connectivity index (χ0n) is 19.4. The molecule has 5 rings (SSSR count). The first-order valence-corrected chi connectivity index (χ1v) is 11.7. The molecule has 0 unspecified atom stereocenters. The lowest BCUT2D eigenvalue weighted by Crippen LogP contribution is -2.45. The monoisotopic (exact) mass is 479 g/mol. The van der Waals surface area contributed by atoms with Gasteiger partial charge in [-0.15, -0.1) is 0 Å². The van der Waals surface area contributed by atoms with Gasteiger partial charge in [-0.2, -0.15) is 0 Å². The van der Waals surface area contributed by atoms with Gasteiger partial charge in [0.05, 0.1) is 16.6 Å². The molecule has 2 amide bonds. The largest absolute Gasteiger partial charge is 0.450 e. The molecule has 8 heteroatoms. The summed E-state index contributed by atoms with van der Waals surface area (Å²) >= 11 is 6.37. The minimum Gasteiger partial charge on any atom is -0.450 e. The van der Waals surface area contributed by atoms with E-state index in [1.54, 1.807) is 35.8 Å². The van der Waals surface area contributed by atoms with Crippen LogP contribution < -0.4 is 0 Å². The average Bonchev–Trinajstić information content (AvgIpc) is 3.29. The number of piperidine rings is 1. The predicted molar refractivity (Wildman–Crippen MR) is 129 cm³/mol. The quantitative estimate of drug-likeness (QED) is 0.532. The van der Waals surface area contributed by atoms with Crippen LogP contribution in [0.4, 0.5) is 0 Å². The van der Waals surface area contributed by atoms with E-state index in [4.69, 9.17) is 16.3 Å². The number of carbonyl (C=O) groups excluding carboxylic acids is 3. The van der Waals surface area contributed by atoms with Crippen molar-refractivity contribution in [2.45, 2.75) is 31.9 Å². The normalized spacial score (nSPS) is 16.6. The fraction of sp³-hybridized carbons (Fsp3) is 0.346. The van der Waals surface area contributed by atoms with Gasteiger partial charge in [-0.3, -0.25) is 9.59 Å². The third-order valence-electron chi connectivity index (χ3n) is 6.98. The first-order chi connectivity index (χ1) is 16.2. The molecule has 0 N–H and O–H groups in total. The number of hydrogen-bond donors (Lipinski definition) is 0. The Morgan fingerprint density at radius 2 is 1.85 bits per heavy atom. The molecule has 3 aromatic rings. The zero-order valence-corrected chi connectivity index (χ0v) is 20.2. The molecule has 34 heavy (non-hydrogen) atoms. The van der Waals surface area contributed by atoms with E-state index in [0.29, 0.717) is 42.1 Å². The van der Waals surface area contributed by atoms with E-state index in [-0.39, 0.29) is 24.3 Å². The number of benzene rings is 2. The van der Waals surface area contributed by atoms with Crippen LogP contribution >= 0.6 is 11.6 Å². The lowest BCUT2D eigenvalue weighted by Gasteiger charge is -2.38. The van der Waals surface area contributed by atoms with Gasteiger partial charge in [0.15, 0.2) is 0 Å². The van der Waals surface area contributed by atoms with Crippen LogP contribution in [0, 0.1) is 6.92 Å². The van der Waals surface area contributed by atoms with Crippen molar-refractivity contribution in [2.24, 2.45) is 0 Å². The van der Waals surface area contributed by atoms with Gasteiger partial charge in [0.2, 0.25) is 5.91 Å². The first-order valence-electron chi connectivity index (χ1n) is 11.3. The number of likely N-dealkylation sites (tertiary alicyclic amines) is 1. The number of aryl methyl sites for hydroxylation is 1. The SMILES string of the molecule is Cc1cc2c(C(=O)N3CCC4(CC3)OC(=O)c3ccccc34)cn(CC(=O)N(C)C)c2cc1Cl. The molecule has 7 nitrogen and oxygen atoms in total. The van der Waals surface area contributed by atoms with Crippen LogP contribution in [0.2, 0.25) is 5.02 Å². The average molecular weight is 480 g/mol. The standard InChI is InChI=1S/C26H26ClN3O4/c1-16-12-18-19(14-30(15-23(31)28(2)3)22(18)13-21(16)27)24(32)29-10-8-26(9-11-29)20-7-5-4-6-17(20)25(33)34-26/h4-7,12-14H,8-11,15H2,1-3H3. The highest BCUT2D eigenvalue weighted by molar-refractivity contribution is 6.32. The molecule has 176 valence electrons. The molecule has 0 saturated carbocycles. The number of hydrogen-bond acceptors (Lipinski definition) is 4. The second-order valence-corrected chi connectivity index (χ2v) is 9.71. The summed E-state index contributed by atoms with van der Waals surface area (Å²) in [5.41, 5.74) is 3.02. The first kappa shape index (κ1) is 22.5. The van der Waals surface area contributed by atoms with Gasteiger partial charge in [-0.25, -0.2) is 4.79 Å². The number of halogens is 1. The molecule has 2 aromatic carbocycles. The molecule has 2 aliphatic heterocycles. The van der Waals surface area contributed by atoms with Gasteiger partial charge >= 0.3 is 5.97 Å². The van der Waals surface area contributed by atoms with Gasteiger partial charge in [-0.05, 0) is 30.7 Å². The number of amides is 2. The van der Waals surface area contributed by atoms with E-state index in [1.165, 1.54) is 4.90 Å². The Morgan fingerprint density at radius 1 is 1.15 bits per heavy atom. The van der Waals surface area contributed by atoms with Gasteiger partial charge < -0.3 is 19.1 Å². The molecule has 3 heterocycles. The molecule has 1 aromatic heterocycles. The highest BCUT2D eigenvalue weighted by Gasteiger charge is 2.47. The number of carbonyl (C=O) groups is 3. The van der Waals surface area contributed by atoms with Crippen LogP contribution in [-0.2, 0) is 21.7 Å². The van der Waals surface area contributed by atoms with E-state index in [2.05, 4.69) is 0 Å². The molecule has 2 aliphatic rings. The Bertz CT molecular complexity index is 1340. The molecule has 0 radical (unpaired) electrons. The summed E-state index contributed by atoms with van der Waals surface area (Å²) in [6.45, 7) is 2.95. The summed E-state index contributed by atoms with van der Waals surface area (Å²) < 4.78 is 7.61. The Morgan fingerprint density at radius 3 is 2.56 bits per heavy atom. The van der Waals surface area contributed by atoms with Crippen molar-refractivity contribution in [1.29, 1.82) is 0 Å². The molecule has 0 bridgehead atoms. The maximum atomic E-state index is 13.6. The number of nitrogens with zero attached hydrogens (tertiary/aromatic N) is 3. The Hall–Kier alpha value is -3.32. The van der Waals surface area contributed by atoms with E-state index < -0.39 is 5.60 Å². The zero-order chi connectivity index (χ0) is 24.2. The van der Waals surface area contributed by atoms with Crippen molar-refractivity contribution in [2.75, 3.05) is 27.2 Å². The van der Waals surface area contributed by atoms with Crippen molar-refractivity contribution in [3.05, 3.63) is 69.9 Å². The second kappa shape index (κ2) is 8.17.